The highest BCUT2D eigenvalue weighted by Crippen LogP contribution is 2.35. The molecule has 0 aromatic carbocycles. The molecule has 84 valence electrons. The average molecular weight is 207 g/mol. The van der Waals surface area contributed by atoms with Crippen LogP contribution in [0.25, 0.3) is 0 Å². The maximum atomic E-state index is 5.96. The highest BCUT2D eigenvalue weighted by molar-refractivity contribution is 5.08. The van der Waals surface area contributed by atoms with Crippen molar-refractivity contribution in [1.29, 1.82) is 0 Å². The molecule has 1 heterocycles. The van der Waals surface area contributed by atoms with Gasteiger partial charge in [0.05, 0.1) is 12.0 Å². The Bertz CT molecular complexity index is 321. The van der Waals surface area contributed by atoms with Gasteiger partial charge in [-0.3, -0.25) is 0 Å². The fourth-order valence-corrected chi connectivity index (χ4v) is 2.65. The predicted octanol–water partition coefficient (Wildman–Crippen LogP) is 2.58. The molecule has 1 aromatic heterocycles. The predicted molar refractivity (Wildman–Crippen MR) is 61.6 cm³/mol. The maximum Gasteiger partial charge on any atom is 0.0953 e. The van der Waals surface area contributed by atoms with Crippen LogP contribution < -0.4 is 5.73 Å². The van der Waals surface area contributed by atoms with E-state index in [0.717, 1.165) is 0 Å². The van der Waals surface area contributed by atoms with Crippen molar-refractivity contribution < 1.29 is 0 Å². The van der Waals surface area contributed by atoms with Gasteiger partial charge in [0.15, 0.2) is 0 Å². The maximum absolute atomic E-state index is 5.96. The van der Waals surface area contributed by atoms with E-state index < -0.39 is 0 Å². The van der Waals surface area contributed by atoms with Gasteiger partial charge in [-0.05, 0) is 26.7 Å². The van der Waals surface area contributed by atoms with E-state index in [1.165, 1.54) is 37.8 Å². The second-order valence-corrected chi connectivity index (χ2v) is 5.03. The molecule has 2 rings (SSSR count). The van der Waals surface area contributed by atoms with E-state index in [4.69, 9.17) is 5.73 Å². The lowest BCUT2D eigenvalue weighted by Crippen LogP contribution is -2.34. The monoisotopic (exact) mass is 207 g/mol. The minimum Gasteiger partial charge on any atom is -0.327 e. The van der Waals surface area contributed by atoms with Gasteiger partial charge >= 0.3 is 0 Å². The number of hydrogen-bond acceptors (Lipinski definition) is 2. The van der Waals surface area contributed by atoms with Crippen LogP contribution in [0.2, 0.25) is 0 Å². The molecular formula is C12H21N3. The lowest BCUT2D eigenvalue weighted by Gasteiger charge is -2.36. The molecule has 0 aliphatic heterocycles. The molecule has 0 bridgehead atoms. The summed E-state index contributed by atoms with van der Waals surface area (Å²) in [4.78, 5) is 4.25. The fraction of sp³-hybridized carbons (Fsp3) is 0.750. The zero-order valence-corrected chi connectivity index (χ0v) is 9.74. The quantitative estimate of drug-likeness (QED) is 0.810. The fourth-order valence-electron chi connectivity index (χ4n) is 2.65. The van der Waals surface area contributed by atoms with E-state index in [1.54, 1.807) is 0 Å². The topological polar surface area (TPSA) is 43.8 Å². The van der Waals surface area contributed by atoms with E-state index in [9.17, 15) is 0 Å². The second-order valence-electron chi connectivity index (χ2n) is 5.03. The molecule has 0 unspecified atom stereocenters. The van der Waals surface area contributed by atoms with Crippen LogP contribution in [0.1, 0.15) is 57.7 Å². The van der Waals surface area contributed by atoms with Crippen molar-refractivity contribution in [3.8, 4) is 0 Å². The van der Waals surface area contributed by atoms with Gasteiger partial charge in [0.2, 0.25) is 0 Å². The molecule has 1 aliphatic carbocycles. The molecule has 0 amide bonds. The summed E-state index contributed by atoms with van der Waals surface area (Å²) in [5, 5.41) is 0. The summed E-state index contributed by atoms with van der Waals surface area (Å²) in [5.41, 5.74) is 7.38. The van der Waals surface area contributed by atoms with Crippen LogP contribution in [0.3, 0.4) is 0 Å². The number of aromatic nitrogens is 2. The summed E-state index contributed by atoms with van der Waals surface area (Å²) in [6.45, 7) is 4.36. The van der Waals surface area contributed by atoms with Crippen molar-refractivity contribution >= 4 is 0 Å². The van der Waals surface area contributed by atoms with Crippen molar-refractivity contribution in [3.05, 3.63) is 18.2 Å². The molecule has 0 spiro atoms. The van der Waals surface area contributed by atoms with Crippen LogP contribution in [0.15, 0.2) is 12.5 Å². The molecule has 3 nitrogen and oxygen atoms in total. The molecule has 1 fully saturated rings. The Morgan fingerprint density at radius 2 is 2.07 bits per heavy atom. The van der Waals surface area contributed by atoms with E-state index in [0.29, 0.717) is 0 Å². The van der Waals surface area contributed by atoms with Gasteiger partial charge < -0.3 is 10.3 Å². The number of nitrogens with two attached hydrogens (primary N) is 1. The van der Waals surface area contributed by atoms with Crippen molar-refractivity contribution in [2.45, 2.75) is 57.5 Å². The normalized spacial score (nSPS) is 22.6. The van der Waals surface area contributed by atoms with Gasteiger partial charge in [-0.1, -0.05) is 19.3 Å². The molecule has 1 aromatic rings. The zero-order valence-electron chi connectivity index (χ0n) is 9.74. The molecule has 15 heavy (non-hydrogen) atoms. The molecular weight excluding hydrogens is 186 g/mol. The number of rotatable bonds is 2. The van der Waals surface area contributed by atoms with Gasteiger partial charge in [-0.2, -0.15) is 0 Å². The summed E-state index contributed by atoms with van der Waals surface area (Å²) in [6.07, 6.45) is 10.4. The van der Waals surface area contributed by atoms with Gasteiger partial charge in [0.1, 0.15) is 0 Å². The first-order chi connectivity index (χ1) is 7.13. The summed E-state index contributed by atoms with van der Waals surface area (Å²) in [6, 6.07) is 0.0752. The van der Waals surface area contributed by atoms with Crippen LogP contribution in [0, 0.1) is 0 Å². The third-order valence-corrected chi connectivity index (χ3v) is 3.65. The van der Waals surface area contributed by atoms with E-state index in [1.807, 2.05) is 19.4 Å². The number of imidazole rings is 1. The Kier molecular flexibility index (Phi) is 2.83. The molecule has 2 N–H and O–H groups in total. The number of hydrogen-bond donors (Lipinski definition) is 1. The standard InChI is InChI=1S/C12H21N3/c1-10(13)11-8-14-9-15(11)12(2)6-4-3-5-7-12/h8-10H,3-7,13H2,1-2H3/t10-/m0/s1. The molecule has 3 heteroatoms. The Labute approximate surface area is 91.7 Å². The second kappa shape index (κ2) is 3.97. The number of nitrogens with zero attached hydrogens (tertiary/aromatic N) is 2. The van der Waals surface area contributed by atoms with Crippen LogP contribution in [-0.2, 0) is 5.54 Å². The first-order valence-electron chi connectivity index (χ1n) is 5.92. The lowest BCUT2D eigenvalue weighted by molar-refractivity contribution is 0.211. The zero-order chi connectivity index (χ0) is 10.9. The van der Waals surface area contributed by atoms with Crippen LogP contribution in [0.4, 0.5) is 0 Å². The Hall–Kier alpha value is -0.830. The molecule has 1 aliphatic rings. The van der Waals surface area contributed by atoms with Gasteiger partial charge in [0.25, 0.3) is 0 Å². The van der Waals surface area contributed by atoms with Crippen LogP contribution >= 0.6 is 0 Å². The highest BCUT2D eigenvalue weighted by Gasteiger charge is 2.30. The SMILES string of the molecule is C[C@H](N)c1cncn1C1(C)CCCCC1. The summed E-state index contributed by atoms with van der Waals surface area (Å²) in [5.74, 6) is 0. The smallest absolute Gasteiger partial charge is 0.0953 e. The van der Waals surface area contributed by atoms with Gasteiger partial charge in [-0.15, -0.1) is 0 Å². The van der Waals surface area contributed by atoms with E-state index in [2.05, 4.69) is 16.5 Å². The van der Waals surface area contributed by atoms with E-state index in [-0.39, 0.29) is 11.6 Å². The van der Waals surface area contributed by atoms with Crippen LogP contribution in [-0.4, -0.2) is 9.55 Å². The third-order valence-electron chi connectivity index (χ3n) is 3.65. The molecule has 1 saturated carbocycles. The first kappa shape index (κ1) is 10.7. The summed E-state index contributed by atoms with van der Waals surface area (Å²) in [7, 11) is 0. The van der Waals surface area contributed by atoms with Gasteiger partial charge in [-0.25, -0.2) is 4.98 Å². The van der Waals surface area contributed by atoms with Crippen molar-refractivity contribution in [3.63, 3.8) is 0 Å². The molecule has 0 saturated heterocycles. The Balaban J connectivity index is 2.30. The minimum absolute atomic E-state index is 0.0752. The Morgan fingerprint density at radius 3 is 2.67 bits per heavy atom. The van der Waals surface area contributed by atoms with Crippen molar-refractivity contribution in [2.75, 3.05) is 0 Å². The average Bonchev–Trinajstić information content (AvgIpc) is 2.67. The van der Waals surface area contributed by atoms with Crippen LogP contribution in [0.5, 0.6) is 0 Å². The van der Waals surface area contributed by atoms with Crippen molar-refractivity contribution in [2.24, 2.45) is 5.73 Å². The Morgan fingerprint density at radius 1 is 1.40 bits per heavy atom. The molecule has 0 radical (unpaired) electrons. The van der Waals surface area contributed by atoms with E-state index >= 15 is 0 Å². The largest absolute Gasteiger partial charge is 0.327 e. The molecule has 1 atom stereocenters. The highest BCUT2D eigenvalue weighted by atomic mass is 15.1. The summed E-state index contributed by atoms with van der Waals surface area (Å²) < 4.78 is 2.30. The first-order valence-corrected chi connectivity index (χ1v) is 5.92. The summed E-state index contributed by atoms with van der Waals surface area (Å²) >= 11 is 0. The minimum atomic E-state index is 0.0752. The van der Waals surface area contributed by atoms with Gasteiger partial charge in [0, 0.05) is 17.8 Å². The van der Waals surface area contributed by atoms with Crippen molar-refractivity contribution in [1.82, 2.24) is 9.55 Å². The third kappa shape index (κ3) is 1.93. The lowest BCUT2D eigenvalue weighted by atomic mass is 9.83.